The van der Waals surface area contributed by atoms with E-state index in [4.69, 9.17) is 4.74 Å². The van der Waals surface area contributed by atoms with Crippen LogP contribution in [0.5, 0.6) is 5.75 Å². The maximum atomic E-state index is 13.5. The maximum Gasteiger partial charge on any atom is 0.180 e. The number of rotatable bonds is 4. The highest BCUT2D eigenvalue weighted by molar-refractivity contribution is 9.10. The molecule has 0 heterocycles. The first-order valence-corrected chi connectivity index (χ1v) is 5.11. The van der Waals surface area contributed by atoms with E-state index in [1.165, 1.54) is 19.2 Å². The van der Waals surface area contributed by atoms with Gasteiger partial charge in [0, 0.05) is 0 Å². The van der Waals surface area contributed by atoms with E-state index in [-0.39, 0.29) is 28.1 Å². The zero-order chi connectivity index (χ0) is 11.4. The summed E-state index contributed by atoms with van der Waals surface area (Å²) in [5, 5.41) is 2.71. The zero-order valence-electron chi connectivity index (χ0n) is 8.43. The smallest absolute Gasteiger partial charge is 0.180 e. The molecular weight excluding hydrogens is 265 g/mol. The number of likely N-dealkylation sites (N-methyl/N-ethyl adjacent to an activating group) is 1. The van der Waals surface area contributed by atoms with Crippen LogP contribution in [0.4, 0.5) is 4.39 Å². The van der Waals surface area contributed by atoms with Crippen LogP contribution in [-0.2, 0) is 0 Å². The Kier molecular flexibility index (Phi) is 4.23. The molecule has 1 aromatic rings. The lowest BCUT2D eigenvalue weighted by Gasteiger charge is -2.09. The predicted molar refractivity (Wildman–Crippen MR) is 58.9 cm³/mol. The van der Waals surface area contributed by atoms with Crippen LogP contribution in [0.15, 0.2) is 16.6 Å². The van der Waals surface area contributed by atoms with Gasteiger partial charge in [-0.3, -0.25) is 4.79 Å². The van der Waals surface area contributed by atoms with Crippen molar-refractivity contribution in [2.24, 2.45) is 0 Å². The van der Waals surface area contributed by atoms with Crippen molar-refractivity contribution >= 4 is 21.7 Å². The SMILES string of the molecule is CNCC(=O)c1ccc(Br)c(F)c1OC. The van der Waals surface area contributed by atoms with E-state index < -0.39 is 5.82 Å². The average molecular weight is 276 g/mol. The summed E-state index contributed by atoms with van der Waals surface area (Å²) in [6.07, 6.45) is 0. The summed E-state index contributed by atoms with van der Waals surface area (Å²) in [5.74, 6) is -0.787. The van der Waals surface area contributed by atoms with Crippen molar-refractivity contribution in [2.75, 3.05) is 20.7 Å². The Labute approximate surface area is 95.7 Å². The number of ketones is 1. The fraction of sp³-hybridized carbons (Fsp3) is 0.300. The van der Waals surface area contributed by atoms with Crippen molar-refractivity contribution in [2.45, 2.75) is 0 Å². The lowest BCUT2D eigenvalue weighted by atomic mass is 10.1. The second kappa shape index (κ2) is 5.23. The summed E-state index contributed by atoms with van der Waals surface area (Å²) in [5.41, 5.74) is 0.243. The third kappa shape index (κ3) is 2.54. The van der Waals surface area contributed by atoms with Gasteiger partial charge in [-0.2, -0.15) is 0 Å². The van der Waals surface area contributed by atoms with Crippen LogP contribution >= 0.6 is 15.9 Å². The van der Waals surface area contributed by atoms with Gasteiger partial charge >= 0.3 is 0 Å². The van der Waals surface area contributed by atoms with E-state index in [2.05, 4.69) is 21.2 Å². The Bertz CT molecular complexity index is 382. The molecule has 1 rings (SSSR count). The molecule has 0 radical (unpaired) electrons. The first kappa shape index (κ1) is 12.1. The van der Waals surface area contributed by atoms with Crippen LogP contribution in [0.3, 0.4) is 0 Å². The molecule has 0 aliphatic rings. The number of hydrogen-bond acceptors (Lipinski definition) is 3. The highest BCUT2D eigenvalue weighted by Crippen LogP contribution is 2.28. The second-order valence-corrected chi connectivity index (χ2v) is 3.75. The van der Waals surface area contributed by atoms with Gasteiger partial charge in [-0.05, 0) is 35.1 Å². The van der Waals surface area contributed by atoms with E-state index in [1.54, 1.807) is 7.05 Å². The molecule has 0 saturated heterocycles. The Morgan fingerprint density at radius 3 is 2.80 bits per heavy atom. The molecule has 0 spiro atoms. The van der Waals surface area contributed by atoms with Crippen LogP contribution in [-0.4, -0.2) is 26.5 Å². The highest BCUT2D eigenvalue weighted by Gasteiger charge is 2.17. The largest absolute Gasteiger partial charge is 0.493 e. The minimum atomic E-state index is -0.556. The third-order valence-corrected chi connectivity index (χ3v) is 2.50. The number of benzene rings is 1. The Morgan fingerprint density at radius 2 is 2.27 bits per heavy atom. The molecule has 0 amide bonds. The van der Waals surface area contributed by atoms with Crippen LogP contribution in [0.2, 0.25) is 0 Å². The molecule has 3 nitrogen and oxygen atoms in total. The first-order valence-electron chi connectivity index (χ1n) is 4.31. The van der Waals surface area contributed by atoms with Crippen molar-refractivity contribution in [1.82, 2.24) is 5.32 Å². The summed E-state index contributed by atoms with van der Waals surface area (Å²) >= 11 is 3.03. The number of halogens is 2. The quantitative estimate of drug-likeness (QED) is 0.855. The first-order chi connectivity index (χ1) is 7.11. The normalized spacial score (nSPS) is 10.1. The van der Waals surface area contributed by atoms with Crippen LogP contribution in [0, 0.1) is 5.82 Å². The number of Topliss-reactive ketones (excluding diaryl/α,β-unsaturated/α-hetero) is 1. The summed E-state index contributed by atoms with van der Waals surface area (Å²) in [4.78, 5) is 11.6. The minimum absolute atomic E-state index is 0.0235. The van der Waals surface area contributed by atoms with Gasteiger partial charge in [0.25, 0.3) is 0 Å². The van der Waals surface area contributed by atoms with Gasteiger partial charge in [-0.25, -0.2) is 4.39 Å². The molecule has 0 aliphatic carbocycles. The second-order valence-electron chi connectivity index (χ2n) is 2.90. The average Bonchev–Trinajstić information content (AvgIpc) is 2.22. The third-order valence-electron chi connectivity index (χ3n) is 1.89. The molecule has 0 bridgehead atoms. The lowest BCUT2D eigenvalue weighted by Crippen LogP contribution is -2.19. The van der Waals surface area contributed by atoms with Gasteiger partial charge in [0.05, 0.1) is 23.7 Å². The molecular formula is C10H11BrFNO2. The van der Waals surface area contributed by atoms with Gasteiger partial charge in [-0.1, -0.05) is 0 Å². The molecule has 1 N–H and O–H groups in total. The van der Waals surface area contributed by atoms with Crippen LogP contribution in [0.25, 0.3) is 0 Å². The molecule has 0 fully saturated rings. The lowest BCUT2D eigenvalue weighted by molar-refractivity contribution is 0.0990. The maximum absolute atomic E-state index is 13.5. The summed E-state index contributed by atoms with van der Waals surface area (Å²) in [6.45, 7) is 0.150. The fourth-order valence-electron chi connectivity index (χ4n) is 1.21. The number of methoxy groups -OCH3 is 1. The molecule has 0 unspecified atom stereocenters. The molecule has 15 heavy (non-hydrogen) atoms. The predicted octanol–water partition coefficient (Wildman–Crippen LogP) is 2.00. The van der Waals surface area contributed by atoms with Crippen LogP contribution in [0.1, 0.15) is 10.4 Å². The molecule has 5 heteroatoms. The van der Waals surface area contributed by atoms with Crippen molar-refractivity contribution in [1.29, 1.82) is 0 Å². The number of ether oxygens (including phenoxy) is 1. The minimum Gasteiger partial charge on any atom is -0.493 e. The molecule has 0 aliphatic heterocycles. The van der Waals surface area contributed by atoms with E-state index in [1.807, 2.05) is 0 Å². The Hall–Kier alpha value is -0.940. The summed E-state index contributed by atoms with van der Waals surface area (Å²) in [6, 6.07) is 3.02. The van der Waals surface area contributed by atoms with E-state index in [0.29, 0.717) is 0 Å². The van der Waals surface area contributed by atoms with Crippen molar-refractivity contribution in [3.05, 3.63) is 28.0 Å². The summed E-state index contributed by atoms with van der Waals surface area (Å²) < 4.78 is 18.7. The van der Waals surface area contributed by atoms with E-state index in [0.717, 1.165) is 0 Å². The van der Waals surface area contributed by atoms with E-state index >= 15 is 0 Å². The zero-order valence-corrected chi connectivity index (χ0v) is 10.0. The molecule has 1 aromatic carbocycles. The Balaban J connectivity index is 3.18. The highest BCUT2D eigenvalue weighted by atomic mass is 79.9. The van der Waals surface area contributed by atoms with Crippen molar-refractivity contribution in [3.63, 3.8) is 0 Å². The molecule has 0 atom stereocenters. The van der Waals surface area contributed by atoms with Gasteiger partial charge in [0.15, 0.2) is 17.3 Å². The topological polar surface area (TPSA) is 38.3 Å². The van der Waals surface area contributed by atoms with Gasteiger partial charge in [-0.15, -0.1) is 0 Å². The van der Waals surface area contributed by atoms with Crippen molar-refractivity contribution in [3.8, 4) is 5.75 Å². The number of hydrogen-bond donors (Lipinski definition) is 1. The molecule has 0 aromatic heterocycles. The summed E-state index contributed by atoms with van der Waals surface area (Å²) in [7, 11) is 2.99. The van der Waals surface area contributed by atoms with Gasteiger partial charge < -0.3 is 10.1 Å². The monoisotopic (exact) mass is 275 g/mol. The number of carbonyl (C=O) groups is 1. The standard InChI is InChI=1S/C10H11BrFNO2/c1-13-5-8(14)6-3-4-7(11)9(12)10(6)15-2/h3-4,13H,5H2,1-2H3. The number of carbonyl (C=O) groups excluding carboxylic acids is 1. The Morgan fingerprint density at radius 1 is 1.60 bits per heavy atom. The molecule has 82 valence electrons. The molecule has 0 saturated carbocycles. The number of nitrogens with one attached hydrogen (secondary N) is 1. The van der Waals surface area contributed by atoms with Crippen molar-refractivity contribution < 1.29 is 13.9 Å². The van der Waals surface area contributed by atoms with E-state index in [9.17, 15) is 9.18 Å². The fourth-order valence-corrected chi connectivity index (χ4v) is 1.52. The van der Waals surface area contributed by atoms with Gasteiger partial charge in [0.1, 0.15) is 0 Å². The van der Waals surface area contributed by atoms with Gasteiger partial charge in [0.2, 0.25) is 0 Å². The van der Waals surface area contributed by atoms with Crippen LogP contribution < -0.4 is 10.1 Å².